The van der Waals surface area contributed by atoms with E-state index in [1.54, 1.807) is 30.7 Å². The summed E-state index contributed by atoms with van der Waals surface area (Å²) in [7, 11) is 1.61. The van der Waals surface area contributed by atoms with Crippen molar-refractivity contribution in [2.24, 2.45) is 0 Å². The fraction of sp³-hybridized carbons (Fsp3) is 0.133. The zero-order chi connectivity index (χ0) is 14.3. The van der Waals surface area contributed by atoms with Gasteiger partial charge in [-0.05, 0) is 31.2 Å². The van der Waals surface area contributed by atoms with Gasteiger partial charge in [-0.25, -0.2) is 0 Å². The largest absolute Gasteiger partial charge is 0.497 e. The van der Waals surface area contributed by atoms with Gasteiger partial charge in [0.1, 0.15) is 11.3 Å². The first-order valence-corrected chi connectivity index (χ1v) is 7.22. The molecular formula is C15H11ClO3S. The average Bonchev–Trinajstić information content (AvgIpc) is 3.02. The highest BCUT2D eigenvalue weighted by Crippen LogP contribution is 2.31. The molecule has 0 atom stereocenters. The molecule has 0 saturated heterocycles. The minimum atomic E-state index is -0.152. The van der Waals surface area contributed by atoms with Crippen molar-refractivity contribution in [2.75, 3.05) is 7.11 Å². The average molecular weight is 307 g/mol. The molecule has 5 heteroatoms. The standard InChI is InChI=1S/C15H11ClO3S/c1-8-11-6-10(18-2)3-4-12(11)19-15(8)14(17)9-5-13(16)20-7-9/h3-7H,1-2H3. The molecular weight excluding hydrogens is 296 g/mol. The normalized spacial score (nSPS) is 10.9. The third-order valence-corrected chi connectivity index (χ3v) is 4.27. The van der Waals surface area contributed by atoms with Crippen LogP contribution < -0.4 is 4.74 Å². The van der Waals surface area contributed by atoms with Gasteiger partial charge in [0.2, 0.25) is 5.78 Å². The van der Waals surface area contributed by atoms with Crippen molar-refractivity contribution in [2.45, 2.75) is 6.92 Å². The van der Waals surface area contributed by atoms with Gasteiger partial charge >= 0.3 is 0 Å². The van der Waals surface area contributed by atoms with Crippen LogP contribution in [-0.2, 0) is 0 Å². The van der Waals surface area contributed by atoms with Crippen molar-refractivity contribution in [3.05, 3.63) is 50.9 Å². The number of carbonyl (C=O) groups is 1. The highest BCUT2D eigenvalue weighted by molar-refractivity contribution is 7.14. The molecule has 20 heavy (non-hydrogen) atoms. The molecule has 102 valence electrons. The minimum absolute atomic E-state index is 0.152. The zero-order valence-electron chi connectivity index (χ0n) is 10.9. The van der Waals surface area contributed by atoms with E-state index in [4.69, 9.17) is 20.8 Å². The fourth-order valence-corrected chi connectivity index (χ4v) is 2.96. The number of thiophene rings is 1. The number of furan rings is 1. The monoisotopic (exact) mass is 306 g/mol. The molecule has 0 fully saturated rings. The van der Waals surface area contributed by atoms with Crippen LogP contribution in [0.15, 0.2) is 34.1 Å². The lowest BCUT2D eigenvalue weighted by Crippen LogP contribution is -1.99. The number of benzene rings is 1. The van der Waals surface area contributed by atoms with Gasteiger partial charge in [0, 0.05) is 21.9 Å². The molecule has 0 saturated carbocycles. The molecule has 3 aromatic rings. The number of rotatable bonds is 3. The summed E-state index contributed by atoms with van der Waals surface area (Å²) in [5.41, 5.74) is 2.04. The summed E-state index contributed by atoms with van der Waals surface area (Å²) in [4.78, 5) is 12.4. The second-order valence-electron chi connectivity index (χ2n) is 4.39. The van der Waals surface area contributed by atoms with Crippen LogP contribution in [0.5, 0.6) is 5.75 Å². The number of aryl methyl sites for hydroxylation is 1. The number of hydrogen-bond acceptors (Lipinski definition) is 4. The summed E-state index contributed by atoms with van der Waals surface area (Å²) in [6, 6.07) is 7.13. The summed E-state index contributed by atoms with van der Waals surface area (Å²) < 4.78 is 11.5. The van der Waals surface area contributed by atoms with Crippen molar-refractivity contribution in [3.8, 4) is 5.75 Å². The smallest absolute Gasteiger partial charge is 0.229 e. The van der Waals surface area contributed by atoms with Gasteiger partial charge in [-0.2, -0.15) is 0 Å². The Morgan fingerprint density at radius 1 is 1.35 bits per heavy atom. The molecule has 3 nitrogen and oxygen atoms in total. The minimum Gasteiger partial charge on any atom is -0.497 e. The van der Waals surface area contributed by atoms with Crippen LogP contribution in [-0.4, -0.2) is 12.9 Å². The summed E-state index contributed by atoms with van der Waals surface area (Å²) in [5, 5.41) is 2.62. The molecule has 0 spiro atoms. The molecule has 0 aliphatic heterocycles. The Labute approximate surface area is 124 Å². The number of ketones is 1. The highest BCUT2D eigenvalue weighted by atomic mass is 35.5. The van der Waals surface area contributed by atoms with Crippen LogP contribution in [0.3, 0.4) is 0 Å². The predicted molar refractivity (Wildman–Crippen MR) is 80.3 cm³/mol. The number of halogens is 1. The SMILES string of the molecule is COc1ccc2oc(C(=O)c3csc(Cl)c3)c(C)c2c1. The van der Waals surface area contributed by atoms with E-state index >= 15 is 0 Å². The molecule has 0 radical (unpaired) electrons. The van der Waals surface area contributed by atoms with Crippen LogP contribution in [0.2, 0.25) is 4.34 Å². The number of methoxy groups -OCH3 is 1. The molecule has 1 aromatic carbocycles. The van der Waals surface area contributed by atoms with E-state index in [9.17, 15) is 4.79 Å². The Hall–Kier alpha value is -1.78. The predicted octanol–water partition coefficient (Wildman–Crippen LogP) is 4.70. The van der Waals surface area contributed by atoms with E-state index in [0.29, 0.717) is 21.2 Å². The van der Waals surface area contributed by atoms with E-state index in [2.05, 4.69) is 0 Å². The van der Waals surface area contributed by atoms with E-state index in [1.165, 1.54) is 11.3 Å². The van der Waals surface area contributed by atoms with Crippen LogP contribution >= 0.6 is 22.9 Å². The maximum atomic E-state index is 12.4. The Morgan fingerprint density at radius 2 is 2.15 bits per heavy atom. The number of hydrogen-bond donors (Lipinski definition) is 0. The molecule has 0 N–H and O–H groups in total. The molecule has 2 aromatic heterocycles. The first kappa shape index (κ1) is 13.2. The summed E-state index contributed by atoms with van der Waals surface area (Å²) >= 11 is 7.20. The first-order valence-electron chi connectivity index (χ1n) is 5.96. The van der Waals surface area contributed by atoms with Crippen molar-refractivity contribution >= 4 is 39.7 Å². The van der Waals surface area contributed by atoms with Crippen molar-refractivity contribution < 1.29 is 13.9 Å². The van der Waals surface area contributed by atoms with Crippen LogP contribution in [0.4, 0.5) is 0 Å². The lowest BCUT2D eigenvalue weighted by molar-refractivity contribution is 0.101. The third kappa shape index (κ3) is 2.11. The van der Waals surface area contributed by atoms with Gasteiger partial charge in [-0.15, -0.1) is 11.3 Å². The molecule has 0 aliphatic rings. The number of fused-ring (bicyclic) bond motifs is 1. The van der Waals surface area contributed by atoms with Crippen molar-refractivity contribution in [1.29, 1.82) is 0 Å². The summed E-state index contributed by atoms with van der Waals surface area (Å²) in [6.45, 7) is 1.87. The van der Waals surface area contributed by atoms with Crippen LogP contribution in [0, 0.1) is 6.92 Å². The quantitative estimate of drug-likeness (QED) is 0.659. The second-order valence-corrected chi connectivity index (χ2v) is 5.93. The van der Waals surface area contributed by atoms with E-state index in [1.807, 2.05) is 13.0 Å². The molecule has 0 aliphatic carbocycles. The maximum absolute atomic E-state index is 12.4. The van der Waals surface area contributed by atoms with Crippen molar-refractivity contribution in [1.82, 2.24) is 0 Å². The Morgan fingerprint density at radius 3 is 2.80 bits per heavy atom. The van der Waals surface area contributed by atoms with Gasteiger partial charge in [-0.1, -0.05) is 11.6 Å². The summed E-state index contributed by atoms with van der Waals surface area (Å²) in [5.74, 6) is 0.933. The molecule has 0 bridgehead atoms. The zero-order valence-corrected chi connectivity index (χ0v) is 12.5. The van der Waals surface area contributed by atoms with Crippen LogP contribution in [0.1, 0.15) is 21.7 Å². The van der Waals surface area contributed by atoms with E-state index < -0.39 is 0 Å². The van der Waals surface area contributed by atoms with Gasteiger partial charge in [0.15, 0.2) is 5.76 Å². The summed E-state index contributed by atoms with van der Waals surface area (Å²) in [6.07, 6.45) is 0. The van der Waals surface area contributed by atoms with Gasteiger partial charge in [-0.3, -0.25) is 4.79 Å². The number of carbonyl (C=O) groups excluding carboxylic acids is 1. The van der Waals surface area contributed by atoms with Gasteiger partial charge in [0.05, 0.1) is 11.4 Å². The van der Waals surface area contributed by atoms with Gasteiger partial charge in [0.25, 0.3) is 0 Å². The molecule has 0 unspecified atom stereocenters. The fourth-order valence-electron chi connectivity index (χ4n) is 2.10. The lowest BCUT2D eigenvalue weighted by Gasteiger charge is -1.98. The highest BCUT2D eigenvalue weighted by Gasteiger charge is 2.20. The molecule has 3 rings (SSSR count). The maximum Gasteiger partial charge on any atom is 0.229 e. The lowest BCUT2D eigenvalue weighted by atomic mass is 10.1. The third-order valence-electron chi connectivity index (χ3n) is 3.18. The second kappa shape index (κ2) is 4.96. The molecule has 2 heterocycles. The van der Waals surface area contributed by atoms with E-state index in [0.717, 1.165) is 16.7 Å². The topological polar surface area (TPSA) is 39.4 Å². The van der Waals surface area contributed by atoms with Crippen LogP contribution in [0.25, 0.3) is 11.0 Å². The Balaban J connectivity index is 2.12. The Kier molecular flexibility index (Phi) is 3.28. The Bertz CT molecular complexity index is 801. The molecule has 0 amide bonds. The first-order chi connectivity index (χ1) is 9.60. The number of ether oxygens (including phenoxy) is 1. The van der Waals surface area contributed by atoms with Crippen molar-refractivity contribution in [3.63, 3.8) is 0 Å². The van der Waals surface area contributed by atoms with Gasteiger partial charge < -0.3 is 9.15 Å². The van der Waals surface area contributed by atoms with E-state index in [-0.39, 0.29) is 5.78 Å².